The van der Waals surface area contributed by atoms with Crippen LogP contribution in [0.25, 0.3) is 83.5 Å². The van der Waals surface area contributed by atoms with Crippen LogP contribution in [-0.2, 0) is 0 Å². The Hall–Kier alpha value is -14.4. The third-order valence-electron chi connectivity index (χ3n) is 23.5. The van der Waals surface area contributed by atoms with Crippen molar-refractivity contribution in [3.05, 3.63) is 351 Å². The Morgan fingerprint density at radius 2 is 0.536 bits per heavy atom. The summed E-state index contributed by atoms with van der Waals surface area (Å²) in [6, 6.07) is 106. The predicted octanol–water partition coefficient (Wildman–Crippen LogP) is 18.6. The molecule has 0 radical (unpaired) electrons. The van der Waals surface area contributed by atoms with E-state index in [2.05, 4.69) is 153 Å². The van der Waals surface area contributed by atoms with Crippen LogP contribution in [0.3, 0.4) is 0 Å². The molecule has 24 rings (SSSR count). The number of aromatic nitrogens is 3. The molecule has 16 heteroatoms. The summed E-state index contributed by atoms with van der Waals surface area (Å²) < 4.78 is 107. The van der Waals surface area contributed by atoms with Gasteiger partial charge in [-0.15, -0.1) is 0 Å². The highest BCUT2D eigenvalue weighted by atomic mass is 19.1. The molecule has 0 fully saturated rings. The zero-order chi connectivity index (χ0) is 73.9. The van der Waals surface area contributed by atoms with Gasteiger partial charge in [0.15, 0.2) is 0 Å². The Morgan fingerprint density at radius 3 is 0.920 bits per heavy atom. The lowest BCUT2D eigenvalue weighted by Crippen LogP contribution is -2.64. The molecule has 0 bridgehead atoms. The van der Waals surface area contributed by atoms with Crippen LogP contribution in [0.5, 0.6) is 46.0 Å². The lowest BCUT2D eigenvalue weighted by Gasteiger charge is -2.43. The zero-order valence-electron chi connectivity index (χ0n) is 59.3. The summed E-state index contributed by atoms with van der Waals surface area (Å²) in [6.07, 6.45) is 0. The summed E-state index contributed by atoms with van der Waals surface area (Å²) in [6.45, 7) is -1.85. The van der Waals surface area contributed by atoms with Crippen molar-refractivity contribution < 1.29 is 36.5 Å². The van der Waals surface area contributed by atoms with Crippen LogP contribution >= 0.6 is 0 Å². The maximum Gasteiger partial charge on any atom is 0.260 e. The van der Waals surface area contributed by atoms with Gasteiger partial charge in [0.25, 0.3) is 20.1 Å². The van der Waals surface area contributed by atoms with E-state index >= 15 is 17.6 Å². The summed E-state index contributed by atoms with van der Waals surface area (Å²) in [4.78, 5) is 3.44. The maximum absolute atomic E-state index is 17.7. The second kappa shape index (κ2) is 23.6. The highest BCUT2D eigenvalue weighted by Crippen LogP contribution is 2.51. The van der Waals surface area contributed by atoms with Crippen LogP contribution in [-0.4, -0.2) is 33.8 Å². The topological polar surface area (TPSA) is 58.2 Å². The van der Waals surface area contributed by atoms with E-state index in [1.807, 2.05) is 152 Å². The van der Waals surface area contributed by atoms with Gasteiger partial charge in [0.05, 0.1) is 50.7 Å². The van der Waals surface area contributed by atoms with Crippen molar-refractivity contribution in [1.29, 1.82) is 0 Å². The number of fused-ring (bicyclic) bond motifs is 15. The van der Waals surface area contributed by atoms with Gasteiger partial charge in [-0.05, 0) is 145 Å². The molecule has 0 saturated carbocycles. The summed E-state index contributed by atoms with van der Waals surface area (Å²) in [5, 5.41) is 3.01. The zero-order valence-corrected chi connectivity index (χ0v) is 59.3. The highest BCUT2D eigenvalue weighted by molar-refractivity contribution is 7.03. The number of anilines is 6. The number of benzene rings is 15. The molecule has 6 aliphatic rings. The lowest BCUT2D eigenvalue weighted by molar-refractivity contribution is 0.464. The third kappa shape index (κ3) is 8.99. The molecule has 0 spiro atoms. The minimum Gasteiger partial charge on any atom is -0.458 e. The smallest absolute Gasteiger partial charge is 0.260 e. The number of halogens is 4. The average molecular weight is 1450 g/mol. The molecule has 0 unspecified atom stereocenters. The van der Waals surface area contributed by atoms with Crippen molar-refractivity contribution in [2.75, 3.05) is 9.80 Å². The number of hydrogen-bond donors (Lipinski definition) is 0. The summed E-state index contributed by atoms with van der Waals surface area (Å²) in [7, 11) is 0. The third-order valence-corrected chi connectivity index (χ3v) is 23.5. The van der Waals surface area contributed by atoms with Gasteiger partial charge in [-0.25, -0.2) is 17.6 Å². The van der Waals surface area contributed by atoms with Crippen LogP contribution in [0.2, 0.25) is 0 Å². The van der Waals surface area contributed by atoms with E-state index in [9.17, 15) is 0 Å². The van der Waals surface area contributed by atoms with Crippen LogP contribution in [0.15, 0.2) is 328 Å². The Balaban J connectivity index is 0.783. The molecule has 3 aromatic heterocycles. The normalized spacial score (nSPS) is 13.4. The van der Waals surface area contributed by atoms with Crippen molar-refractivity contribution in [2.45, 2.75) is 0 Å². The molecule has 6 aliphatic heterocycles. The van der Waals surface area contributed by atoms with Crippen molar-refractivity contribution in [2.24, 2.45) is 0 Å². The summed E-state index contributed by atoms with van der Waals surface area (Å²) in [5.41, 5.74) is 18.8. The highest BCUT2D eigenvalue weighted by Gasteiger charge is 2.50. The van der Waals surface area contributed by atoms with Gasteiger partial charge in [-0.1, -0.05) is 206 Å². The van der Waals surface area contributed by atoms with Gasteiger partial charge in [0.2, 0.25) is 0 Å². The Morgan fingerprint density at radius 1 is 0.223 bits per heavy atom. The van der Waals surface area contributed by atoms with Gasteiger partial charge >= 0.3 is 0 Å². The lowest BCUT2D eigenvalue weighted by atomic mass is 9.30. The van der Waals surface area contributed by atoms with E-state index in [1.54, 1.807) is 9.80 Å². The molecule has 0 aliphatic carbocycles. The SMILES string of the molecule is Fc1cccc(F)c1N1c2cc3c(cc2B2c4ccccc4Oc4cc(-n5c(-c6ccccc6)cc6ccccc65)cc1c42)B1c2cc4c(cc2Oc2cc(-n5c(-c6ccccc6)cc6ccccc65)cc(c21)O3)N(c1c(F)cccc1F)c1cc(-n2c(-c3ccccc3)cc3ccccc32)cc2c1B4c1ccccc1O2. The molecule has 0 amide bonds. The fourth-order valence-corrected chi connectivity index (χ4v) is 18.9. The molecule has 524 valence electrons. The van der Waals surface area contributed by atoms with Gasteiger partial charge in [-0.3, -0.25) is 0 Å². The predicted molar refractivity (Wildman–Crippen MR) is 442 cm³/mol. The second-order valence-corrected chi connectivity index (χ2v) is 29.5. The second-order valence-electron chi connectivity index (χ2n) is 29.5. The fourth-order valence-electron chi connectivity index (χ4n) is 18.9. The summed E-state index contributed by atoms with van der Waals surface area (Å²) in [5.74, 6) is 1.00. The van der Waals surface area contributed by atoms with Crippen LogP contribution in [0.1, 0.15) is 0 Å². The molecular formula is C96H54B3F4N5O4. The number of rotatable bonds is 8. The van der Waals surface area contributed by atoms with Crippen molar-refractivity contribution >= 4 is 136 Å². The Bertz CT molecular complexity index is 6750. The minimum absolute atomic E-state index is 0.282. The first-order valence-electron chi connectivity index (χ1n) is 37.5. The number of para-hydroxylation sites is 7. The monoisotopic (exact) mass is 1450 g/mol. The van der Waals surface area contributed by atoms with E-state index in [-0.39, 0.29) is 11.4 Å². The molecule has 0 N–H and O–H groups in total. The molecule has 18 aromatic rings. The number of nitrogens with zero attached hydrogens (tertiary/aromatic N) is 5. The molecule has 0 atom stereocenters. The van der Waals surface area contributed by atoms with E-state index in [0.717, 1.165) is 110 Å². The van der Waals surface area contributed by atoms with Gasteiger partial charge in [0, 0.05) is 80.8 Å². The Labute approximate surface area is 640 Å². The van der Waals surface area contributed by atoms with Gasteiger partial charge in [-0.2, -0.15) is 0 Å². The summed E-state index contributed by atoms with van der Waals surface area (Å²) >= 11 is 0. The van der Waals surface area contributed by atoms with Crippen LogP contribution < -0.4 is 77.9 Å². The maximum atomic E-state index is 17.7. The van der Waals surface area contributed by atoms with Crippen molar-refractivity contribution in [1.82, 2.24) is 13.7 Å². The molecule has 9 heterocycles. The Kier molecular flexibility index (Phi) is 13.2. The molecule has 112 heavy (non-hydrogen) atoms. The minimum atomic E-state index is -0.776. The van der Waals surface area contributed by atoms with E-state index < -0.39 is 43.4 Å². The largest absolute Gasteiger partial charge is 0.458 e. The first-order chi connectivity index (χ1) is 55.2. The number of hydrogen-bond acceptors (Lipinski definition) is 6. The standard InChI is InChI=1S/C96H54B3F4N5O4/c100-70-33-20-34-71(101)95(70)107-80-53-86-68(51-66(80)97-64-31-13-18-40-84(64)109-88-47-61(45-82(107)92(88)97)104-74-37-15-10-28-58(74)42-77(104)55-22-4-1-5-23-55)99-69-52-67-81(54-87(69)112-91-50-63(49-90(111-86)94(91)99)106-76-39-17-12-30-60(76)44-79(106)57-26-8-3-9-27-57)108(96-72(102)35-21-36-73(96)103)83-46-62(48-89-93(83)98(67)65-32-14-19-41-85(65)110-89)105-75-38-16-11-29-59(75)43-78(105)56-24-6-2-7-25-56/h1-54H. The van der Waals surface area contributed by atoms with Crippen molar-refractivity contribution in [3.63, 3.8) is 0 Å². The van der Waals surface area contributed by atoms with E-state index in [4.69, 9.17) is 18.9 Å². The average Bonchev–Trinajstić information content (AvgIpc) is 0.755. The van der Waals surface area contributed by atoms with Gasteiger partial charge in [0.1, 0.15) is 80.6 Å². The molecular weight excluding hydrogens is 1400 g/mol. The molecule has 15 aromatic carbocycles. The first-order valence-corrected chi connectivity index (χ1v) is 37.5. The molecule has 0 saturated heterocycles. The molecule has 9 nitrogen and oxygen atoms in total. The van der Waals surface area contributed by atoms with Crippen molar-refractivity contribution in [3.8, 4) is 96.8 Å². The number of ether oxygens (including phenoxy) is 4. The van der Waals surface area contributed by atoms with Gasteiger partial charge < -0.3 is 42.4 Å². The quantitative estimate of drug-likeness (QED) is 0.112. The van der Waals surface area contributed by atoms with Crippen LogP contribution in [0.4, 0.5) is 51.7 Å². The van der Waals surface area contributed by atoms with Crippen LogP contribution in [0, 0.1) is 23.3 Å². The van der Waals surface area contributed by atoms with E-state index in [0.29, 0.717) is 91.0 Å². The fraction of sp³-hybridized carbons (Fsp3) is 0. The van der Waals surface area contributed by atoms with E-state index in [1.165, 1.54) is 36.4 Å². The first kappa shape index (κ1) is 62.7.